The number of amides is 2. The van der Waals surface area contributed by atoms with Crippen molar-refractivity contribution in [2.75, 3.05) is 39.3 Å². The Balaban J connectivity index is 1.41. The van der Waals surface area contributed by atoms with Crippen LogP contribution in [-0.4, -0.2) is 65.8 Å². The fraction of sp³-hybridized carbons (Fsp3) is 0.636. The van der Waals surface area contributed by atoms with Gasteiger partial charge in [-0.25, -0.2) is 0 Å². The summed E-state index contributed by atoms with van der Waals surface area (Å²) in [5.41, 5.74) is 1.33. The van der Waals surface area contributed by atoms with E-state index in [1.165, 1.54) is 5.56 Å². The van der Waals surface area contributed by atoms with E-state index in [2.05, 4.69) is 43.0 Å². The second kappa shape index (κ2) is 9.36. The summed E-state index contributed by atoms with van der Waals surface area (Å²) in [5.74, 6) is 1.02. The number of likely N-dealkylation sites (tertiary alicyclic amines) is 1. The fourth-order valence-electron chi connectivity index (χ4n) is 4.08. The standard InChI is InChI=1S/C22H33N3O2/c1-18(2)16-21(26)24-10-8-20(9-11-24)22(27)25-14-12-23(13-15-25)17-19-6-4-3-5-7-19/h3-7,18,20H,8-17H2,1-2H3. The van der Waals surface area contributed by atoms with Gasteiger partial charge in [-0.05, 0) is 24.3 Å². The minimum atomic E-state index is 0.0915. The van der Waals surface area contributed by atoms with Gasteiger partial charge in [0.2, 0.25) is 11.8 Å². The average Bonchev–Trinajstić information content (AvgIpc) is 2.68. The number of nitrogens with zero attached hydrogens (tertiary/aromatic N) is 3. The van der Waals surface area contributed by atoms with Crippen molar-refractivity contribution in [1.29, 1.82) is 0 Å². The lowest BCUT2D eigenvalue weighted by atomic mass is 9.94. The maximum absolute atomic E-state index is 12.9. The number of benzene rings is 1. The van der Waals surface area contributed by atoms with Crippen LogP contribution in [0.5, 0.6) is 0 Å². The van der Waals surface area contributed by atoms with E-state index in [4.69, 9.17) is 0 Å². The molecule has 5 nitrogen and oxygen atoms in total. The van der Waals surface area contributed by atoms with Crippen LogP contribution >= 0.6 is 0 Å². The van der Waals surface area contributed by atoms with Gasteiger partial charge >= 0.3 is 0 Å². The minimum Gasteiger partial charge on any atom is -0.343 e. The highest BCUT2D eigenvalue weighted by molar-refractivity contribution is 5.80. The summed E-state index contributed by atoms with van der Waals surface area (Å²) < 4.78 is 0. The highest BCUT2D eigenvalue weighted by Crippen LogP contribution is 2.22. The molecule has 2 heterocycles. The summed E-state index contributed by atoms with van der Waals surface area (Å²) in [6, 6.07) is 10.5. The Hall–Kier alpha value is -1.88. The molecular weight excluding hydrogens is 338 g/mol. The second-order valence-electron chi connectivity index (χ2n) is 8.34. The van der Waals surface area contributed by atoms with Crippen molar-refractivity contribution in [2.45, 2.75) is 39.7 Å². The molecule has 2 fully saturated rings. The third-order valence-electron chi connectivity index (χ3n) is 5.71. The highest BCUT2D eigenvalue weighted by atomic mass is 16.2. The van der Waals surface area contributed by atoms with Gasteiger partial charge in [0.05, 0.1) is 0 Å². The van der Waals surface area contributed by atoms with Crippen LogP contribution < -0.4 is 0 Å². The van der Waals surface area contributed by atoms with Crippen LogP contribution in [0.25, 0.3) is 0 Å². The molecule has 0 aliphatic carbocycles. The van der Waals surface area contributed by atoms with E-state index >= 15 is 0 Å². The maximum atomic E-state index is 12.9. The largest absolute Gasteiger partial charge is 0.343 e. The Morgan fingerprint density at radius 1 is 0.926 bits per heavy atom. The number of carbonyl (C=O) groups excluding carboxylic acids is 2. The minimum absolute atomic E-state index is 0.0915. The monoisotopic (exact) mass is 371 g/mol. The lowest BCUT2D eigenvalue weighted by Gasteiger charge is -2.38. The van der Waals surface area contributed by atoms with Gasteiger partial charge in [-0.1, -0.05) is 44.2 Å². The number of hydrogen-bond acceptors (Lipinski definition) is 3. The zero-order chi connectivity index (χ0) is 19.2. The summed E-state index contributed by atoms with van der Waals surface area (Å²) >= 11 is 0. The SMILES string of the molecule is CC(C)CC(=O)N1CCC(C(=O)N2CCN(Cc3ccccc3)CC2)CC1. The quantitative estimate of drug-likeness (QED) is 0.799. The van der Waals surface area contributed by atoms with Gasteiger partial charge in [-0.2, -0.15) is 0 Å². The molecular formula is C22H33N3O2. The average molecular weight is 372 g/mol. The van der Waals surface area contributed by atoms with Gasteiger partial charge in [0.1, 0.15) is 0 Å². The molecule has 5 heteroatoms. The molecule has 27 heavy (non-hydrogen) atoms. The van der Waals surface area contributed by atoms with E-state index in [-0.39, 0.29) is 11.8 Å². The predicted molar refractivity (Wildman–Crippen MR) is 107 cm³/mol. The van der Waals surface area contributed by atoms with E-state index in [0.29, 0.717) is 18.2 Å². The van der Waals surface area contributed by atoms with Crippen molar-refractivity contribution in [2.24, 2.45) is 11.8 Å². The van der Waals surface area contributed by atoms with Crippen LogP contribution in [0.4, 0.5) is 0 Å². The van der Waals surface area contributed by atoms with Gasteiger partial charge < -0.3 is 9.80 Å². The summed E-state index contributed by atoms with van der Waals surface area (Å²) in [4.78, 5) is 31.5. The van der Waals surface area contributed by atoms with Crippen LogP contribution in [0.1, 0.15) is 38.7 Å². The third-order valence-corrected chi connectivity index (χ3v) is 5.71. The van der Waals surface area contributed by atoms with Crippen molar-refractivity contribution in [3.63, 3.8) is 0 Å². The summed E-state index contributed by atoms with van der Waals surface area (Å²) in [6.07, 6.45) is 2.24. The molecule has 0 spiro atoms. The number of carbonyl (C=O) groups is 2. The van der Waals surface area contributed by atoms with Crippen molar-refractivity contribution in [1.82, 2.24) is 14.7 Å². The summed E-state index contributed by atoms with van der Waals surface area (Å²) in [7, 11) is 0. The van der Waals surface area contributed by atoms with Crippen molar-refractivity contribution < 1.29 is 9.59 Å². The zero-order valence-corrected chi connectivity index (χ0v) is 16.8. The first-order valence-corrected chi connectivity index (χ1v) is 10.4. The molecule has 0 unspecified atom stereocenters. The third kappa shape index (κ3) is 5.55. The van der Waals surface area contributed by atoms with Crippen molar-refractivity contribution >= 4 is 11.8 Å². The first kappa shape index (κ1) is 19.9. The smallest absolute Gasteiger partial charge is 0.225 e. The molecule has 2 aliphatic heterocycles. The molecule has 0 bridgehead atoms. The zero-order valence-electron chi connectivity index (χ0n) is 16.8. The Kier molecular flexibility index (Phi) is 6.89. The van der Waals surface area contributed by atoms with Crippen LogP contribution in [0.2, 0.25) is 0 Å². The normalized spacial score (nSPS) is 19.5. The number of rotatable bonds is 5. The first-order valence-electron chi connectivity index (χ1n) is 10.4. The Morgan fingerprint density at radius 3 is 2.15 bits per heavy atom. The lowest BCUT2D eigenvalue weighted by Crippen LogP contribution is -2.51. The summed E-state index contributed by atoms with van der Waals surface area (Å²) in [6.45, 7) is 10.1. The predicted octanol–water partition coefficient (Wildman–Crippen LogP) is 2.62. The highest BCUT2D eigenvalue weighted by Gasteiger charge is 2.31. The van der Waals surface area contributed by atoms with Gasteiger partial charge in [0.25, 0.3) is 0 Å². The molecule has 2 saturated heterocycles. The molecule has 3 rings (SSSR count). The first-order chi connectivity index (χ1) is 13.0. The molecule has 0 aromatic heterocycles. The summed E-state index contributed by atoms with van der Waals surface area (Å²) in [5, 5.41) is 0. The molecule has 2 amide bonds. The lowest BCUT2D eigenvalue weighted by molar-refractivity contribution is -0.142. The van der Waals surface area contributed by atoms with E-state index in [9.17, 15) is 9.59 Å². The fourth-order valence-corrected chi connectivity index (χ4v) is 4.08. The number of piperidine rings is 1. The van der Waals surface area contributed by atoms with Gasteiger partial charge in [-0.3, -0.25) is 14.5 Å². The topological polar surface area (TPSA) is 43.9 Å². The van der Waals surface area contributed by atoms with E-state index in [1.54, 1.807) is 0 Å². The number of piperazine rings is 1. The second-order valence-corrected chi connectivity index (χ2v) is 8.34. The van der Waals surface area contributed by atoms with Crippen LogP contribution in [-0.2, 0) is 16.1 Å². The maximum Gasteiger partial charge on any atom is 0.225 e. The van der Waals surface area contributed by atoms with Gasteiger partial charge in [0.15, 0.2) is 0 Å². The van der Waals surface area contributed by atoms with Crippen LogP contribution in [0.3, 0.4) is 0 Å². The number of hydrogen-bond donors (Lipinski definition) is 0. The Labute approximate surface area is 163 Å². The van der Waals surface area contributed by atoms with E-state index in [0.717, 1.165) is 58.7 Å². The van der Waals surface area contributed by atoms with Crippen molar-refractivity contribution in [3.8, 4) is 0 Å². The van der Waals surface area contributed by atoms with E-state index < -0.39 is 0 Å². The Morgan fingerprint density at radius 2 is 1.56 bits per heavy atom. The molecule has 0 N–H and O–H groups in total. The molecule has 148 valence electrons. The van der Waals surface area contributed by atoms with Crippen LogP contribution in [0, 0.1) is 11.8 Å². The molecule has 0 radical (unpaired) electrons. The Bertz CT molecular complexity index is 616. The van der Waals surface area contributed by atoms with Gasteiger partial charge in [0, 0.05) is 58.2 Å². The molecule has 1 aromatic rings. The molecule has 0 atom stereocenters. The molecule has 0 saturated carbocycles. The molecule has 1 aromatic carbocycles. The van der Waals surface area contributed by atoms with Gasteiger partial charge in [-0.15, -0.1) is 0 Å². The van der Waals surface area contributed by atoms with E-state index in [1.807, 2.05) is 15.9 Å². The van der Waals surface area contributed by atoms with Crippen LogP contribution in [0.15, 0.2) is 30.3 Å². The molecule has 2 aliphatic rings. The van der Waals surface area contributed by atoms with Crippen molar-refractivity contribution in [3.05, 3.63) is 35.9 Å².